The minimum atomic E-state index is -0.822. The minimum absolute atomic E-state index is 0.0367. The number of carbonyl (C=O) groups is 1. The van der Waals surface area contributed by atoms with Crippen LogP contribution in [-0.2, 0) is 11.2 Å². The van der Waals surface area contributed by atoms with Crippen LogP contribution in [0.5, 0.6) is 0 Å². The molecular formula is C19H14N2O2S. The zero-order valence-electron chi connectivity index (χ0n) is 12.7. The van der Waals surface area contributed by atoms with Crippen molar-refractivity contribution in [3.8, 4) is 16.8 Å². The Morgan fingerprint density at radius 1 is 1.08 bits per heavy atom. The van der Waals surface area contributed by atoms with Gasteiger partial charge in [0.2, 0.25) is 0 Å². The number of benzene rings is 2. The SMILES string of the molecule is O=C(O)Cc1ccc(-n2cnc3cc(-c4ccsc4)ccc32)cc1. The van der Waals surface area contributed by atoms with E-state index in [0.717, 1.165) is 27.8 Å². The maximum atomic E-state index is 10.8. The summed E-state index contributed by atoms with van der Waals surface area (Å²) in [6, 6.07) is 15.9. The maximum absolute atomic E-state index is 10.8. The van der Waals surface area contributed by atoms with E-state index in [1.807, 2.05) is 28.8 Å². The molecule has 0 fully saturated rings. The Kier molecular flexibility index (Phi) is 3.63. The van der Waals surface area contributed by atoms with Crippen molar-refractivity contribution in [1.29, 1.82) is 0 Å². The Labute approximate surface area is 142 Å². The molecule has 4 rings (SSSR count). The third kappa shape index (κ3) is 2.70. The van der Waals surface area contributed by atoms with Crippen molar-refractivity contribution in [3.63, 3.8) is 0 Å². The van der Waals surface area contributed by atoms with Crippen LogP contribution in [0.2, 0.25) is 0 Å². The first-order valence-electron chi connectivity index (χ1n) is 7.51. The summed E-state index contributed by atoms with van der Waals surface area (Å²) in [4.78, 5) is 15.3. The Bertz CT molecular complexity index is 1000. The number of hydrogen-bond donors (Lipinski definition) is 1. The zero-order chi connectivity index (χ0) is 16.5. The van der Waals surface area contributed by atoms with Gasteiger partial charge in [-0.3, -0.25) is 9.36 Å². The molecule has 0 spiro atoms. The highest BCUT2D eigenvalue weighted by atomic mass is 32.1. The summed E-state index contributed by atoms with van der Waals surface area (Å²) in [6.07, 6.45) is 1.84. The topological polar surface area (TPSA) is 55.1 Å². The predicted molar refractivity (Wildman–Crippen MR) is 95.7 cm³/mol. The summed E-state index contributed by atoms with van der Waals surface area (Å²) in [7, 11) is 0. The molecular weight excluding hydrogens is 320 g/mol. The first-order chi connectivity index (χ1) is 11.7. The van der Waals surface area contributed by atoms with Gasteiger partial charge in [-0.05, 0) is 57.8 Å². The summed E-state index contributed by atoms with van der Waals surface area (Å²) in [6.45, 7) is 0. The molecule has 0 amide bonds. The number of aromatic nitrogens is 2. The normalized spacial score (nSPS) is 11.0. The van der Waals surface area contributed by atoms with Gasteiger partial charge < -0.3 is 5.11 Å². The highest BCUT2D eigenvalue weighted by Crippen LogP contribution is 2.27. The lowest BCUT2D eigenvalue weighted by Gasteiger charge is -2.06. The molecule has 24 heavy (non-hydrogen) atoms. The first kappa shape index (κ1) is 14.7. The van der Waals surface area contributed by atoms with Crippen molar-refractivity contribution in [2.75, 3.05) is 0 Å². The monoisotopic (exact) mass is 334 g/mol. The third-order valence-corrected chi connectivity index (χ3v) is 4.65. The number of carboxylic acids is 1. The molecule has 4 aromatic rings. The van der Waals surface area contributed by atoms with Gasteiger partial charge in [0.15, 0.2) is 0 Å². The Morgan fingerprint density at radius 3 is 2.62 bits per heavy atom. The Hall–Kier alpha value is -2.92. The molecule has 0 saturated heterocycles. The van der Waals surface area contributed by atoms with Gasteiger partial charge in [-0.1, -0.05) is 18.2 Å². The fourth-order valence-electron chi connectivity index (χ4n) is 2.78. The molecule has 118 valence electrons. The van der Waals surface area contributed by atoms with E-state index < -0.39 is 5.97 Å². The molecule has 0 bridgehead atoms. The van der Waals surface area contributed by atoms with Crippen molar-refractivity contribution in [1.82, 2.24) is 9.55 Å². The summed E-state index contributed by atoms with van der Waals surface area (Å²) in [5.41, 5.74) is 6.08. The van der Waals surface area contributed by atoms with Gasteiger partial charge in [0, 0.05) is 5.69 Å². The standard InChI is InChI=1S/C19H14N2O2S/c22-19(23)9-13-1-4-16(5-2-13)21-12-20-17-10-14(3-6-18(17)21)15-7-8-24-11-15/h1-8,10-12H,9H2,(H,22,23). The number of hydrogen-bond acceptors (Lipinski definition) is 3. The molecule has 2 aromatic carbocycles. The second-order valence-corrected chi connectivity index (χ2v) is 6.35. The highest BCUT2D eigenvalue weighted by Gasteiger charge is 2.08. The van der Waals surface area contributed by atoms with Crippen LogP contribution in [0, 0.1) is 0 Å². The third-order valence-electron chi connectivity index (χ3n) is 3.97. The number of aliphatic carboxylic acids is 1. The van der Waals surface area contributed by atoms with E-state index in [-0.39, 0.29) is 6.42 Å². The Balaban J connectivity index is 1.71. The van der Waals surface area contributed by atoms with Crippen LogP contribution in [-0.4, -0.2) is 20.6 Å². The molecule has 1 N–H and O–H groups in total. The molecule has 0 radical (unpaired) electrons. The average molecular weight is 334 g/mol. The van der Waals surface area contributed by atoms with Crippen LogP contribution in [0.4, 0.5) is 0 Å². The minimum Gasteiger partial charge on any atom is -0.481 e. The fraction of sp³-hybridized carbons (Fsp3) is 0.0526. The second-order valence-electron chi connectivity index (χ2n) is 5.57. The summed E-state index contributed by atoms with van der Waals surface area (Å²) in [5.74, 6) is -0.822. The van der Waals surface area contributed by atoms with Gasteiger partial charge >= 0.3 is 5.97 Å². The molecule has 0 aliphatic rings. The van der Waals surface area contributed by atoms with Crippen LogP contribution in [0.3, 0.4) is 0 Å². The lowest BCUT2D eigenvalue weighted by Crippen LogP contribution is -2.00. The van der Waals surface area contributed by atoms with E-state index in [1.165, 1.54) is 5.56 Å². The van der Waals surface area contributed by atoms with Gasteiger partial charge in [0.1, 0.15) is 6.33 Å². The summed E-state index contributed by atoms with van der Waals surface area (Å²) in [5, 5.41) is 13.0. The van der Waals surface area contributed by atoms with E-state index in [1.54, 1.807) is 17.7 Å². The lowest BCUT2D eigenvalue weighted by molar-refractivity contribution is -0.136. The largest absolute Gasteiger partial charge is 0.481 e. The fourth-order valence-corrected chi connectivity index (χ4v) is 3.44. The van der Waals surface area contributed by atoms with Crippen LogP contribution in [0.25, 0.3) is 27.8 Å². The van der Waals surface area contributed by atoms with E-state index in [2.05, 4.69) is 40.0 Å². The summed E-state index contributed by atoms with van der Waals surface area (Å²) < 4.78 is 2.01. The Morgan fingerprint density at radius 2 is 1.92 bits per heavy atom. The van der Waals surface area contributed by atoms with Gasteiger partial charge in [0.25, 0.3) is 0 Å². The highest BCUT2D eigenvalue weighted by molar-refractivity contribution is 7.08. The van der Waals surface area contributed by atoms with Crippen molar-refractivity contribution in [2.24, 2.45) is 0 Å². The molecule has 4 nitrogen and oxygen atoms in total. The van der Waals surface area contributed by atoms with Gasteiger partial charge in [-0.2, -0.15) is 11.3 Å². The second kappa shape index (κ2) is 5.94. The van der Waals surface area contributed by atoms with Crippen molar-refractivity contribution in [2.45, 2.75) is 6.42 Å². The molecule has 0 saturated carbocycles. The average Bonchev–Trinajstić information content (AvgIpc) is 3.24. The smallest absolute Gasteiger partial charge is 0.307 e. The first-order valence-corrected chi connectivity index (χ1v) is 8.46. The lowest BCUT2D eigenvalue weighted by atomic mass is 10.1. The molecule has 0 aliphatic carbocycles. The summed E-state index contributed by atoms with van der Waals surface area (Å²) >= 11 is 1.68. The van der Waals surface area contributed by atoms with Crippen LogP contribution in [0.1, 0.15) is 5.56 Å². The molecule has 2 heterocycles. The van der Waals surface area contributed by atoms with Crippen LogP contribution >= 0.6 is 11.3 Å². The number of rotatable bonds is 4. The van der Waals surface area contributed by atoms with Crippen LogP contribution < -0.4 is 0 Å². The zero-order valence-corrected chi connectivity index (χ0v) is 13.5. The van der Waals surface area contributed by atoms with Gasteiger partial charge in [0.05, 0.1) is 17.5 Å². The quantitative estimate of drug-likeness (QED) is 0.602. The van der Waals surface area contributed by atoms with E-state index in [4.69, 9.17) is 5.11 Å². The van der Waals surface area contributed by atoms with Gasteiger partial charge in [-0.15, -0.1) is 0 Å². The van der Waals surface area contributed by atoms with E-state index >= 15 is 0 Å². The van der Waals surface area contributed by atoms with Crippen LogP contribution in [0.15, 0.2) is 65.6 Å². The van der Waals surface area contributed by atoms with Crippen molar-refractivity contribution in [3.05, 3.63) is 71.2 Å². The van der Waals surface area contributed by atoms with E-state index in [0.29, 0.717) is 0 Å². The van der Waals surface area contributed by atoms with Gasteiger partial charge in [-0.25, -0.2) is 4.98 Å². The molecule has 0 aliphatic heterocycles. The number of carboxylic acid groups (broad SMARTS) is 1. The van der Waals surface area contributed by atoms with Crippen molar-refractivity contribution < 1.29 is 9.90 Å². The maximum Gasteiger partial charge on any atom is 0.307 e. The van der Waals surface area contributed by atoms with E-state index in [9.17, 15) is 4.79 Å². The molecule has 5 heteroatoms. The number of thiophene rings is 1. The molecule has 0 unspecified atom stereocenters. The predicted octanol–water partition coefficient (Wildman–Crippen LogP) is 4.38. The molecule has 0 atom stereocenters. The van der Waals surface area contributed by atoms with Crippen molar-refractivity contribution >= 4 is 28.3 Å². The number of imidazole rings is 1. The number of nitrogens with zero attached hydrogens (tertiary/aromatic N) is 2. The molecule has 2 aromatic heterocycles. The number of fused-ring (bicyclic) bond motifs is 1.